The van der Waals surface area contributed by atoms with Crippen LogP contribution in [0.25, 0.3) is 0 Å². The van der Waals surface area contributed by atoms with Gasteiger partial charge in [0.15, 0.2) is 5.15 Å². The summed E-state index contributed by atoms with van der Waals surface area (Å²) in [6, 6.07) is 4.74. The molecule has 1 N–H and O–H groups in total. The molecule has 0 aliphatic rings. The van der Waals surface area contributed by atoms with Crippen LogP contribution in [0.4, 0.5) is 18.9 Å². The third kappa shape index (κ3) is 3.98. The zero-order valence-corrected chi connectivity index (χ0v) is 12.1. The molecule has 0 saturated carbocycles. The molecule has 0 aliphatic carbocycles. The van der Waals surface area contributed by atoms with Crippen molar-refractivity contribution in [2.45, 2.75) is 5.51 Å². The molecule has 0 atom stereocenters. The molecular formula is C11H7ClF3N3O3S. The highest BCUT2D eigenvalue weighted by atomic mass is 35.5. The maximum Gasteiger partial charge on any atom is 0.516 e. The van der Waals surface area contributed by atoms with Crippen LogP contribution in [0.2, 0.25) is 5.15 Å². The first-order chi connectivity index (χ1) is 10.2. The maximum absolute atomic E-state index is 12.2. The smallest absolute Gasteiger partial charge is 0.437 e. The summed E-state index contributed by atoms with van der Waals surface area (Å²) in [6.45, 7) is 0. The Kier molecular flexibility index (Phi) is 4.42. The Morgan fingerprint density at radius 3 is 2.32 bits per heavy atom. The summed E-state index contributed by atoms with van der Waals surface area (Å²) in [5.41, 5.74) is -5.65. The number of hydrogen-bond donors (Lipinski definition) is 1. The van der Waals surface area contributed by atoms with Crippen LogP contribution in [0.3, 0.4) is 0 Å². The highest BCUT2D eigenvalue weighted by molar-refractivity contribution is 7.93. The highest BCUT2D eigenvalue weighted by Gasteiger charge is 2.45. The minimum absolute atomic E-state index is 0.0797. The number of alkyl halides is 3. The van der Waals surface area contributed by atoms with E-state index in [1.165, 1.54) is 29.2 Å². The summed E-state index contributed by atoms with van der Waals surface area (Å²) in [5.74, 6) is 0.294. The fourth-order valence-electron chi connectivity index (χ4n) is 1.30. The van der Waals surface area contributed by atoms with E-state index in [0.29, 0.717) is 0 Å². The van der Waals surface area contributed by atoms with E-state index in [2.05, 4.69) is 9.97 Å². The number of ether oxygens (including phenoxy) is 1. The Bertz CT molecular complexity index is 766. The first kappa shape index (κ1) is 16.3. The molecule has 118 valence electrons. The molecule has 0 amide bonds. The molecule has 0 aliphatic heterocycles. The Hall–Kier alpha value is -2.07. The number of anilines is 1. The second-order valence-electron chi connectivity index (χ2n) is 3.86. The van der Waals surface area contributed by atoms with E-state index < -0.39 is 15.5 Å². The second-order valence-corrected chi connectivity index (χ2v) is 5.92. The lowest BCUT2D eigenvalue weighted by Gasteiger charge is -2.11. The van der Waals surface area contributed by atoms with Crippen LogP contribution in [0.15, 0.2) is 36.7 Å². The third-order valence-corrected chi connectivity index (χ3v) is 3.51. The van der Waals surface area contributed by atoms with E-state index in [1.807, 2.05) is 0 Å². The van der Waals surface area contributed by atoms with Crippen molar-refractivity contribution in [2.24, 2.45) is 0 Å². The monoisotopic (exact) mass is 353 g/mol. The lowest BCUT2D eigenvalue weighted by Crippen LogP contribution is -2.29. The van der Waals surface area contributed by atoms with Gasteiger partial charge in [0.05, 0.1) is 12.4 Å². The van der Waals surface area contributed by atoms with Crippen molar-refractivity contribution in [1.82, 2.24) is 9.97 Å². The van der Waals surface area contributed by atoms with Crippen LogP contribution < -0.4 is 9.46 Å². The van der Waals surface area contributed by atoms with Crippen molar-refractivity contribution in [3.05, 3.63) is 41.8 Å². The van der Waals surface area contributed by atoms with Gasteiger partial charge in [-0.1, -0.05) is 11.6 Å². The lowest BCUT2D eigenvalue weighted by molar-refractivity contribution is -0.0429. The van der Waals surface area contributed by atoms with E-state index in [9.17, 15) is 21.6 Å². The van der Waals surface area contributed by atoms with Crippen molar-refractivity contribution in [3.8, 4) is 11.6 Å². The topological polar surface area (TPSA) is 81.2 Å². The molecule has 0 spiro atoms. The fourth-order valence-corrected chi connectivity index (χ4v) is 2.00. The predicted octanol–water partition coefficient (Wildman–Crippen LogP) is 3.18. The predicted molar refractivity (Wildman–Crippen MR) is 72.2 cm³/mol. The van der Waals surface area contributed by atoms with Gasteiger partial charge in [0.2, 0.25) is 5.88 Å². The van der Waals surface area contributed by atoms with Crippen LogP contribution >= 0.6 is 11.6 Å². The molecule has 1 aromatic carbocycles. The van der Waals surface area contributed by atoms with Gasteiger partial charge < -0.3 is 4.74 Å². The Morgan fingerprint density at radius 2 is 1.77 bits per heavy atom. The standard InChI is InChI=1S/C11H7ClF3N3O3S/c12-9-5-16-6-10(17-9)21-8-3-1-7(2-4-8)18-22(19,20)11(13,14)15/h1-6,18H. The van der Waals surface area contributed by atoms with Crippen molar-refractivity contribution in [3.63, 3.8) is 0 Å². The Morgan fingerprint density at radius 1 is 1.14 bits per heavy atom. The number of nitrogens with zero attached hydrogens (tertiary/aromatic N) is 2. The molecule has 1 aromatic heterocycles. The number of nitrogens with one attached hydrogen (secondary N) is 1. The van der Waals surface area contributed by atoms with Crippen molar-refractivity contribution >= 4 is 27.3 Å². The van der Waals surface area contributed by atoms with E-state index in [0.717, 1.165) is 12.1 Å². The number of sulfonamides is 1. The highest BCUT2D eigenvalue weighted by Crippen LogP contribution is 2.27. The van der Waals surface area contributed by atoms with Crippen molar-refractivity contribution < 1.29 is 26.3 Å². The molecule has 22 heavy (non-hydrogen) atoms. The van der Waals surface area contributed by atoms with E-state index in [4.69, 9.17) is 16.3 Å². The zero-order chi connectivity index (χ0) is 16.4. The summed E-state index contributed by atoms with van der Waals surface area (Å²) >= 11 is 5.61. The molecule has 0 saturated heterocycles. The summed E-state index contributed by atoms with van der Waals surface area (Å²) < 4.78 is 65.2. The number of rotatable bonds is 4. The average molecular weight is 354 g/mol. The molecule has 6 nitrogen and oxygen atoms in total. The van der Waals surface area contributed by atoms with Crippen LogP contribution in [0, 0.1) is 0 Å². The van der Waals surface area contributed by atoms with Gasteiger partial charge in [0, 0.05) is 5.69 Å². The van der Waals surface area contributed by atoms with E-state index >= 15 is 0 Å². The quantitative estimate of drug-likeness (QED) is 0.913. The van der Waals surface area contributed by atoms with Gasteiger partial charge in [0.25, 0.3) is 0 Å². The minimum atomic E-state index is -5.46. The van der Waals surface area contributed by atoms with Gasteiger partial charge in [-0.15, -0.1) is 0 Å². The third-order valence-electron chi connectivity index (χ3n) is 2.22. The number of halogens is 4. The van der Waals surface area contributed by atoms with E-state index in [-0.39, 0.29) is 22.5 Å². The van der Waals surface area contributed by atoms with Crippen LogP contribution in [-0.4, -0.2) is 23.9 Å². The summed E-state index contributed by atoms with van der Waals surface area (Å²) in [5, 5.41) is 0.104. The van der Waals surface area contributed by atoms with Gasteiger partial charge >= 0.3 is 15.5 Å². The van der Waals surface area contributed by atoms with Gasteiger partial charge in [-0.25, -0.2) is 0 Å². The molecule has 2 rings (SSSR count). The molecule has 0 unspecified atom stereocenters. The van der Waals surface area contributed by atoms with Gasteiger partial charge in [-0.2, -0.15) is 26.6 Å². The Labute approximate surface area is 128 Å². The summed E-state index contributed by atoms with van der Waals surface area (Å²) in [4.78, 5) is 7.54. The van der Waals surface area contributed by atoms with Crippen molar-refractivity contribution in [2.75, 3.05) is 4.72 Å². The number of hydrogen-bond acceptors (Lipinski definition) is 5. The molecule has 1 heterocycles. The van der Waals surface area contributed by atoms with Crippen LogP contribution in [-0.2, 0) is 10.0 Å². The largest absolute Gasteiger partial charge is 0.516 e. The van der Waals surface area contributed by atoms with Crippen molar-refractivity contribution in [1.29, 1.82) is 0 Å². The summed E-state index contributed by atoms with van der Waals surface area (Å²) in [7, 11) is -5.46. The molecule has 0 radical (unpaired) electrons. The van der Waals surface area contributed by atoms with Crippen LogP contribution in [0.1, 0.15) is 0 Å². The Balaban J connectivity index is 2.11. The number of aromatic nitrogens is 2. The van der Waals surface area contributed by atoms with Crippen LogP contribution in [0.5, 0.6) is 11.6 Å². The molecule has 0 fully saturated rings. The first-order valence-corrected chi connectivity index (χ1v) is 7.38. The molecular weight excluding hydrogens is 347 g/mol. The SMILES string of the molecule is O=S(=O)(Nc1ccc(Oc2cncc(Cl)n2)cc1)C(F)(F)F. The fraction of sp³-hybridized carbons (Fsp3) is 0.0909. The number of benzene rings is 1. The van der Waals surface area contributed by atoms with Gasteiger partial charge in [-0.3, -0.25) is 9.71 Å². The maximum atomic E-state index is 12.2. The normalized spacial score (nSPS) is 12.0. The average Bonchev–Trinajstić information content (AvgIpc) is 2.39. The van der Waals surface area contributed by atoms with Gasteiger partial charge in [-0.05, 0) is 24.3 Å². The molecule has 2 aromatic rings. The summed E-state index contributed by atoms with van der Waals surface area (Å²) in [6.07, 6.45) is 2.58. The minimum Gasteiger partial charge on any atom is -0.437 e. The first-order valence-electron chi connectivity index (χ1n) is 5.52. The second kappa shape index (κ2) is 5.97. The molecule has 11 heteroatoms. The van der Waals surface area contributed by atoms with E-state index in [1.54, 1.807) is 0 Å². The lowest BCUT2D eigenvalue weighted by atomic mass is 10.3. The van der Waals surface area contributed by atoms with Gasteiger partial charge in [0.1, 0.15) is 5.75 Å². The zero-order valence-electron chi connectivity index (χ0n) is 10.5. The molecule has 0 bridgehead atoms.